The summed E-state index contributed by atoms with van der Waals surface area (Å²) in [5, 5.41) is 13.4. The number of nitrogens with one attached hydrogen (secondary N) is 1. The van der Waals surface area contributed by atoms with E-state index in [4.69, 9.17) is 16.0 Å². The number of furan rings is 1. The monoisotopic (exact) mass is 327 g/mol. The van der Waals surface area contributed by atoms with Gasteiger partial charge in [0.2, 0.25) is 0 Å². The van der Waals surface area contributed by atoms with Crippen LogP contribution in [0.3, 0.4) is 0 Å². The molecule has 1 amide bonds. The van der Waals surface area contributed by atoms with Crippen molar-refractivity contribution in [1.29, 1.82) is 0 Å². The summed E-state index contributed by atoms with van der Waals surface area (Å²) in [7, 11) is 0. The van der Waals surface area contributed by atoms with Gasteiger partial charge in [0.25, 0.3) is 5.91 Å². The first-order chi connectivity index (χ1) is 9.99. The third-order valence-corrected chi connectivity index (χ3v) is 4.98. The molecule has 0 fully saturated rings. The van der Waals surface area contributed by atoms with Crippen molar-refractivity contribution in [1.82, 2.24) is 5.32 Å². The molecule has 1 aromatic heterocycles. The predicted octanol–water partition coefficient (Wildman–Crippen LogP) is 3.24. The lowest BCUT2D eigenvalue weighted by Crippen LogP contribution is -2.41. The second kappa shape index (κ2) is 6.73. The average Bonchev–Trinajstić information content (AvgIpc) is 2.79. The quantitative estimate of drug-likeness (QED) is 0.885. The van der Waals surface area contributed by atoms with E-state index in [0.29, 0.717) is 10.6 Å². The average molecular weight is 328 g/mol. The first-order valence-corrected chi connectivity index (χ1v) is 8.28. The molecule has 0 aliphatic heterocycles. The second-order valence-corrected chi connectivity index (χ2v) is 6.38. The standard InChI is InChI=1S/C15H18ClNO3S/c1-8-10-5-4-6-11(16)14(10)20-13(8)15(19)17-9(2)12(7-18)21-3/h4-6,9,12,18H,7H2,1-3H3,(H,17,19). The normalized spacial score (nSPS) is 14.1. The largest absolute Gasteiger partial charge is 0.449 e. The van der Waals surface area contributed by atoms with Crippen LogP contribution in [0.2, 0.25) is 5.02 Å². The topological polar surface area (TPSA) is 62.5 Å². The number of hydrogen-bond acceptors (Lipinski definition) is 4. The number of aliphatic hydroxyl groups excluding tert-OH is 1. The number of benzene rings is 1. The molecule has 6 heteroatoms. The van der Waals surface area contributed by atoms with Crippen LogP contribution in [0.4, 0.5) is 0 Å². The van der Waals surface area contributed by atoms with Gasteiger partial charge < -0.3 is 14.8 Å². The van der Waals surface area contributed by atoms with Gasteiger partial charge >= 0.3 is 0 Å². The van der Waals surface area contributed by atoms with Crippen LogP contribution in [-0.2, 0) is 0 Å². The fraction of sp³-hybridized carbons (Fsp3) is 0.400. The van der Waals surface area contributed by atoms with E-state index in [-0.39, 0.29) is 29.6 Å². The van der Waals surface area contributed by atoms with Gasteiger partial charge in [-0.2, -0.15) is 11.8 Å². The molecule has 2 rings (SSSR count). The highest BCUT2D eigenvalue weighted by atomic mass is 35.5. The SMILES string of the molecule is CSC(CO)C(C)NC(=O)c1oc2c(Cl)cccc2c1C. The summed E-state index contributed by atoms with van der Waals surface area (Å²) < 4.78 is 5.63. The molecule has 0 saturated heterocycles. The molecule has 0 saturated carbocycles. The number of carbonyl (C=O) groups excluding carboxylic acids is 1. The van der Waals surface area contributed by atoms with Crippen LogP contribution in [0, 0.1) is 6.92 Å². The number of carbonyl (C=O) groups is 1. The Balaban J connectivity index is 2.28. The number of aliphatic hydroxyl groups is 1. The highest BCUT2D eigenvalue weighted by Gasteiger charge is 2.23. The summed E-state index contributed by atoms with van der Waals surface area (Å²) in [6, 6.07) is 5.26. The molecule has 2 atom stereocenters. The minimum absolute atomic E-state index is 0.00749. The Morgan fingerprint density at radius 2 is 2.24 bits per heavy atom. The minimum Gasteiger partial charge on any atom is -0.449 e. The molecule has 4 nitrogen and oxygen atoms in total. The van der Waals surface area contributed by atoms with Crippen LogP contribution >= 0.6 is 23.4 Å². The fourth-order valence-electron chi connectivity index (χ4n) is 2.23. The van der Waals surface area contributed by atoms with Gasteiger partial charge in [0, 0.05) is 22.2 Å². The van der Waals surface area contributed by atoms with Crippen LogP contribution in [0.5, 0.6) is 0 Å². The molecular weight excluding hydrogens is 310 g/mol. The Labute approximate surface area is 132 Å². The fourth-order valence-corrected chi connectivity index (χ4v) is 3.07. The summed E-state index contributed by atoms with van der Waals surface area (Å²) in [6.45, 7) is 3.70. The van der Waals surface area contributed by atoms with Crippen molar-refractivity contribution in [3.63, 3.8) is 0 Å². The first-order valence-electron chi connectivity index (χ1n) is 6.61. The zero-order valence-corrected chi connectivity index (χ0v) is 13.7. The highest BCUT2D eigenvalue weighted by Crippen LogP contribution is 2.30. The lowest BCUT2D eigenvalue weighted by atomic mass is 10.1. The third kappa shape index (κ3) is 3.20. The van der Waals surface area contributed by atoms with E-state index >= 15 is 0 Å². The zero-order chi connectivity index (χ0) is 15.6. The molecule has 1 heterocycles. The van der Waals surface area contributed by atoms with Gasteiger partial charge in [-0.25, -0.2) is 0 Å². The van der Waals surface area contributed by atoms with Crippen molar-refractivity contribution in [3.8, 4) is 0 Å². The maximum atomic E-state index is 12.4. The van der Waals surface area contributed by atoms with E-state index in [1.54, 1.807) is 6.07 Å². The summed E-state index contributed by atoms with van der Waals surface area (Å²) in [4.78, 5) is 12.4. The number of para-hydroxylation sites is 1. The Bertz CT molecular complexity index is 652. The van der Waals surface area contributed by atoms with E-state index in [0.717, 1.165) is 10.9 Å². The first kappa shape index (κ1) is 16.2. The summed E-state index contributed by atoms with van der Waals surface area (Å²) in [5.41, 5.74) is 1.29. The summed E-state index contributed by atoms with van der Waals surface area (Å²) in [5.74, 6) is -0.0255. The predicted molar refractivity (Wildman–Crippen MR) is 87.3 cm³/mol. The van der Waals surface area contributed by atoms with Gasteiger partial charge in [0.1, 0.15) is 0 Å². The number of rotatable bonds is 5. The molecule has 21 heavy (non-hydrogen) atoms. The van der Waals surface area contributed by atoms with Gasteiger partial charge in [-0.05, 0) is 26.2 Å². The molecule has 0 aliphatic rings. The van der Waals surface area contributed by atoms with E-state index < -0.39 is 0 Å². The molecule has 0 bridgehead atoms. The maximum absolute atomic E-state index is 12.4. The lowest BCUT2D eigenvalue weighted by molar-refractivity contribution is 0.0909. The Hall–Kier alpha value is -1.17. The van der Waals surface area contributed by atoms with Crippen molar-refractivity contribution in [2.45, 2.75) is 25.1 Å². The van der Waals surface area contributed by atoms with Crippen LogP contribution in [0.1, 0.15) is 23.0 Å². The molecule has 0 aliphatic carbocycles. The van der Waals surface area contributed by atoms with Crippen LogP contribution in [0.25, 0.3) is 11.0 Å². The smallest absolute Gasteiger partial charge is 0.287 e. The molecule has 0 spiro atoms. The highest BCUT2D eigenvalue weighted by molar-refractivity contribution is 7.99. The van der Waals surface area contributed by atoms with Crippen molar-refractivity contribution in [2.24, 2.45) is 0 Å². The zero-order valence-electron chi connectivity index (χ0n) is 12.1. The van der Waals surface area contributed by atoms with E-state index in [1.165, 1.54) is 11.8 Å². The van der Waals surface area contributed by atoms with Gasteiger partial charge in [0.05, 0.1) is 11.6 Å². The van der Waals surface area contributed by atoms with Crippen molar-refractivity contribution in [3.05, 3.63) is 34.5 Å². The number of aryl methyl sites for hydroxylation is 1. The maximum Gasteiger partial charge on any atom is 0.287 e. The molecule has 2 unspecified atom stereocenters. The van der Waals surface area contributed by atoms with Gasteiger partial charge in [-0.3, -0.25) is 4.79 Å². The Morgan fingerprint density at radius 1 is 1.52 bits per heavy atom. The minimum atomic E-state index is -0.292. The van der Waals surface area contributed by atoms with Crippen LogP contribution < -0.4 is 5.32 Å². The summed E-state index contributed by atoms with van der Waals surface area (Å²) in [6.07, 6.45) is 1.90. The number of hydrogen-bond donors (Lipinski definition) is 2. The van der Waals surface area contributed by atoms with Crippen LogP contribution in [0.15, 0.2) is 22.6 Å². The second-order valence-electron chi connectivity index (χ2n) is 4.89. The number of amides is 1. The molecule has 114 valence electrons. The van der Waals surface area contributed by atoms with Crippen molar-refractivity contribution < 1.29 is 14.3 Å². The Kier molecular flexibility index (Phi) is 5.19. The Morgan fingerprint density at radius 3 is 2.81 bits per heavy atom. The van der Waals surface area contributed by atoms with Gasteiger partial charge in [-0.15, -0.1) is 0 Å². The number of fused-ring (bicyclic) bond motifs is 1. The molecule has 2 N–H and O–H groups in total. The van der Waals surface area contributed by atoms with E-state index in [2.05, 4.69) is 5.32 Å². The van der Waals surface area contributed by atoms with Gasteiger partial charge in [-0.1, -0.05) is 23.7 Å². The van der Waals surface area contributed by atoms with Crippen LogP contribution in [-0.4, -0.2) is 35.2 Å². The van der Waals surface area contributed by atoms with E-state index in [1.807, 2.05) is 32.2 Å². The molecule has 2 aromatic rings. The summed E-state index contributed by atoms with van der Waals surface area (Å²) >= 11 is 7.60. The van der Waals surface area contributed by atoms with Crippen molar-refractivity contribution >= 4 is 40.2 Å². The molecule has 1 aromatic carbocycles. The molecular formula is C15H18ClNO3S. The van der Waals surface area contributed by atoms with E-state index in [9.17, 15) is 9.90 Å². The molecule has 0 radical (unpaired) electrons. The number of thioether (sulfide) groups is 1. The van der Waals surface area contributed by atoms with Gasteiger partial charge in [0.15, 0.2) is 11.3 Å². The van der Waals surface area contributed by atoms with Crippen molar-refractivity contribution in [2.75, 3.05) is 12.9 Å². The lowest BCUT2D eigenvalue weighted by Gasteiger charge is -2.20. The third-order valence-electron chi connectivity index (χ3n) is 3.52. The number of halogens is 1.